The third-order valence-corrected chi connectivity index (χ3v) is 6.38. The first-order valence-electron chi connectivity index (χ1n) is 9.70. The van der Waals surface area contributed by atoms with E-state index in [2.05, 4.69) is 58.1 Å². The van der Waals surface area contributed by atoms with Crippen molar-refractivity contribution >= 4 is 41.7 Å². The van der Waals surface area contributed by atoms with Gasteiger partial charge in [-0.05, 0) is 37.9 Å². The average Bonchev–Trinajstić information content (AvgIpc) is 3.28. The summed E-state index contributed by atoms with van der Waals surface area (Å²) in [6.45, 7) is 7.43. The standard InChI is InChI=1S/C21H26N6.2ClH/c1-13-7-5-6-8-16(13)19-18-12-27(11-15(18)10-25(19)3)21-17-9-22-26(4)20(17)23-14(2)24-21;;/h5-9,15,18-19H,10-12H2,1-4H3;2*1H/t15-,18+,19+;;/m0../s1. The number of fused-ring (bicyclic) bond motifs is 2. The number of aromatic nitrogens is 4. The van der Waals surface area contributed by atoms with Gasteiger partial charge in [0.1, 0.15) is 11.6 Å². The Labute approximate surface area is 184 Å². The van der Waals surface area contributed by atoms with Gasteiger partial charge >= 0.3 is 0 Å². The monoisotopic (exact) mass is 434 g/mol. The lowest BCUT2D eigenvalue weighted by Crippen LogP contribution is -2.30. The van der Waals surface area contributed by atoms with E-state index in [4.69, 9.17) is 4.98 Å². The van der Waals surface area contributed by atoms with Crippen molar-refractivity contribution in [1.82, 2.24) is 24.6 Å². The summed E-state index contributed by atoms with van der Waals surface area (Å²) in [4.78, 5) is 14.4. The van der Waals surface area contributed by atoms with Crippen LogP contribution >= 0.6 is 24.8 Å². The Balaban J connectivity index is 0.00000120. The SMILES string of the molecule is Cc1nc(N2C[C@@H]3CN(C)[C@H](c4ccccc4C)[C@@H]3C2)c2cnn(C)c2n1.Cl.Cl. The second-order valence-corrected chi connectivity index (χ2v) is 8.17. The predicted octanol–water partition coefficient (Wildman–Crippen LogP) is 3.56. The number of benzene rings is 1. The zero-order valence-corrected chi connectivity index (χ0v) is 18.9. The highest BCUT2D eigenvalue weighted by molar-refractivity contribution is 5.87. The molecule has 29 heavy (non-hydrogen) atoms. The molecule has 0 amide bonds. The molecule has 1 aromatic carbocycles. The van der Waals surface area contributed by atoms with Gasteiger partial charge in [-0.25, -0.2) is 9.97 Å². The minimum atomic E-state index is 0. The lowest BCUT2D eigenvalue weighted by Gasteiger charge is -2.28. The van der Waals surface area contributed by atoms with Crippen LogP contribution in [0.15, 0.2) is 30.5 Å². The van der Waals surface area contributed by atoms with Crippen LogP contribution < -0.4 is 4.90 Å². The van der Waals surface area contributed by atoms with E-state index in [9.17, 15) is 0 Å². The van der Waals surface area contributed by atoms with Gasteiger partial charge in [-0.3, -0.25) is 9.58 Å². The average molecular weight is 435 g/mol. The molecule has 8 heteroatoms. The second kappa shape index (κ2) is 8.09. The molecule has 2 fully saturated rings. The number of likely N-dealkylation sites (tertiary alicyclic amines) is 1. The van der Waals surface area contributed by atoms with Crippen molar-refractivity contribution in [2.24, 2.45) is 18.9 Å². The highest BCUT2D eigenvalue weighted by atomic mass is 35.5. The Morgan fingerprint density at radius 2 is 1.72 bits per heavy atom. The molecule has 0 aliphatic carbocycles. The van der Waals surface area contributed by atoms with Crippen molar-refractivity contribution in [3.63, 3.8) is 0 Å². The number of rotatable bonds is 2. The highest BCUT2D eigenvalue weighted by Gasteiger charge is 2.47. The topological polar surface area (TPSA) is 50.1 Å². The maximum atomic E-state index is 4.81. The maximum Gasteiger partial charge on any atom is 0.163 e. The van der Waals surface area contributed by atoms with Gasteiger partial charge in [0.15, 0.2) is 5.65 Å². The van der Waals surface area contributed by atoms with Crippen LogP contribution in [0.1, 0.15) is 23.0 Å². The minimum Gasteiger partial charge on any atom is -0.355 e. The Kier molecular flexibility index (Phi) is 6.08. The first-order valence-corrected chi connectivity index (χ1v) is 9.70. The highest BCUT2D eigenvalue weighted by Crippen LogP contribution is 2.46. The van der Waals surface area contributed by atoms with Gasteiger partial charge in [-0.1, -0.05) is 24.3 Å². The van der Waals surface area contributed by atoms with E-state index in [1.807, 2.05) is 24.9 Å². The molecule has 0 bridgehead atoms. The molecule has 3 aromatic rings. The fourth-order valence-corrected chi connectivity index (χ4v) is 5.17. The van der Waals surface area contributed by atoms with Gasteiger partial charge in [0.25, 0.3) is 0 Å². The van der Waals surface area contributed by atoms with Crippen LogP contribution in [0.25, 0.3) is 11.0 Å². The van der Waals surface area contributed by atoms with E-state index in [1.54, 1.807) is 0 Å². The molecule has 2 aliphatic heterocycles. The van der Waals surface area contributed by atoms with Crippen LogP contribution in [-0.2, 0) is 7.05 Å². The van der Waals surface area contributed by atoms with E-state index in [-0.39, 0.29) is 24.8 Å². The summed E-state index contributed by atoms with van der Waals surface area (Å²) < 4.78 is 1.84. The van der Waals surface area contributed by atoms with Gasteiger partial charge in [-0.2, -0.15) is 5.10 Å². The first-order chi connectivity index (χ1) is 13.0. The van der Waals surface area contributed by atoms with Crippen molar-refractivity contribution in [3.8, 4) is 0 Å². The summed E-state index contributed by atoms with van der Waals surface area (Å²) in [5.74, 6) is 3.15. The van der Waals surface area contributed by atoms with Crippen LogP contribution in [0.2, 0.25) is 0 Å². The number of aryl methyl sites for hydroxylation is 3. The molecule has 156 valence electrons. The third kappa shape index (κ3) is 3.47. The van der Waals surface area contributed by atoms with Crippen LogP contribution in [0, 0.1) is 25.7 Å². The molecule has 0 radical (unpaired) electrons. The first kappa shape index (κ1) is 21.8. The molecule has 4 heterocycles. The van der Waals surface area contributed by atoms with E-state index in [0.29, 0.717) is 17.9 Å². The molecule has 2 aromatic heterocycles. The van der Waals surface area contributed by atoms with E-state index in [0.717, 1.165) is 42.3 Å². The summed E-state index contributed by atoms with van der Waals surface area (Å²) in [6.07, 6.45) is 1.91. The summed E-state index contributed by atoms with van der Waals surface area (Å²) in [5.41, 5.74) is 3.78. The smallest absolute Gasteiger partial charge is 0.163 e. The van der Waals surface area contributed by atoms with Crippen LogP contribution in [-0.4, -0.2) is 51.3 Å². The molecule has 6 nitrogen and oxygen atoms in total. The Morgan fingerprint density at radius 3 is 2.48 bits per heavy atom. The van der Waals surface area contributed by atoms with E-state index < -0.39 is 0 Å². The van der Waals surface area contributed by atoms with Crippen LogP contribution in [0.5, 0.6) is 0 Å². The summed E-state index contributed by atoms with van der Waals surface area (Å²) >= 11 is 0. The number of hydrogen-bond acceptors (Lipinski definition) is 5. The van der Waals surface area contributed by atoms with Crippen molar-refractivity contribution in [2.75, 3.05) is 31.6 Å². The predicted molar refractivity (Wildman–Crippen MR) is 121 cm³/mol. The molecule has 3 atom stereocenters. The number of halogens is 2. The lowest BCUT2D eigenvalue weighted by molar-refractivity contribution is 0.279. The number of anilines is 1. The van der Waals surface area contributed by atoms with Crippen molar-refractivity contribution in [2.45, 2.75) is 19.9 Å². The Bertz CT molecular complexity index is 1020. The summed E-state index contributed by atoms with van der Waals surface area (Å²) in [6, 6.07) is 9.32. The lowest BCUT2D eigenvalue weighted by atomic mass is 9.88. The molecule has 2 saturated heterocycles. The molecule has 0 N–H and O–H groups in total. The molecular formula is C21H28Cl2N6. The summed E-state index contributed by atoms with van der Waals surface area (Å²) in [5, 5.41) is 5.47. The van der Waals surface area contributed by atoms with Crippen molar-refractivity contribution in [3.05, 3.63) is 47.4 Å². The van der Waals surface area contributed by atoms with Gasteiger partial charge in [0.05, 0.1) is 11.6 Å². The van der Waals surface area contributed by atoms with Gasteiger partial charge in [0.2, 0.25) is 0 Å². The number of hydrogen-bond donors (Lipinski definition) is 0. The number of nitrogens with zero attached hydrogens (tertiary/aromatic N) is 6. The fourth-order valence-electron chi connectivity index (χ4n) is 5.17. The molecule has 2 aliphatic rings. The zero-order chi connectivity index (χ0) is 18.7. The van der Waals surface area contributed by atoms with Crippen molar-refractivity contribution in [1.29, 1.82) is 0 Å². The maximum absolute atomic E-state index is 4.81. The fraction of sp³-hybridized carbons (Fsp3) is 0.476. The van der Waals surface area contributed by atoms with E-state index in [1.165, 1.54) is 11.1 Å². The van der Waals surface area contributed by atoms with Gasteiger partial charge in [-0.15, -0.1) is 24.8 Å². The van der Waals surface area contributed by atoms with Gasteiger partial charge in [0, 0.05) is 38.6 Å². The minimum absolute atomic E-state index is 0. The Morgan fingerprint density at radius 1 is 0.966 bits per heavy atom. The molecule has 0 spiro atoms. The quantitative estimate of drug-likeness (QED) is 0.616. The molecular weight excluding hydrogens is 407 g/mol. The Hall–Kier alpha value is -1.89. The molecule has 5 rings (SSSR count). The largest absolute Gasteiger partial charge is 0.355 e. The molecule has 0 unspecified atom stereocenters. The van der Waals surface area contributed by atoms with Crippen molar-refractivity contribution < 1.29 is 0 Å². The van der Waals surface area contributed by atoms with Crippen LogP contribution in [0.3, 0.4) is 0 Å². The summed E-state index contributed by atoms with van der Waals surface area (Å²) in [7, 11) is 4.22. The normalized spacial score (nSPS) is 23.7. The second-order valence-electron chi connectivity index (χ2n) is 8.17. The molecule has 0 saturated carbocycles. The van der Waals surface area contributed by atoms with E-state index >= 15 is 0 Å². The van der Waals surface area contributed by atoms with Crippen LogP contribution in [0.4, 0.5) is 5.82 Å². The van der Waals surface area contributed by atoms with Gasteiger partial charge < -0.3 is 4.90 Å². The third-order valence-electron chi connectivity index (χ3n) is 6.38. The zero-order valence-electron chi connectivity index (χ0n) is 17.2.